The van der Waals surface area contributed by atoms with Gasteiger partial charge in [0.1, 0.15) is 0 Å². The molecule has 1 aliphatic rings. The Kier molecular flexibility index (Phi) is 5.12. The molecule has 6 heteroatoms. The van der Waals surface area contributed by atoms with Crippen LogP contribution in [0, 0.1) is 0 Å². The lowest BCUT2D eigenvalue weighted by atomic mass is 9.95. The van der Waals surface area contributed by atoms with E-state index in [1.807, 2.05) is 11.8 Å². The number of nitrogens with one attached hydrogen (secondary N) is 1. The normalized spacial score (nSPS) is 23.7. The molecule has 0 saturated heterocycles. The summed E-state index contributed by atoms with van der Waals surface area (Å²) in [7, 11) is 1.61. The van der Waals surface area contributed by atoms with Crippen LogP contribution < -0.4 is 10.1 Å². The van der Waals surface area contributed by atoms with E-state index in [0.717, 1.165) is 9.72 Å². The minimum absolute atomic E-state index is 0.485. The molecule has 1 fully saturated rings. The summed E-state index contributed by atoms with van der Waals surface area (Å²) >= 11 is 5.33. The van der Waals surface area contributed by atoms with Crippen molar-refractivity contribution in [2.75, 3.05) is 18.7 Å². The summed E-state index contributed by atoms with van der Waals surface area (Å²) < 4.78 is 5.95. The van der Waals surface area contributed by atoms with Crippen molar-refractivity contribution >= 4 is 33.6 Å². The van der Waals surface area contributed by atoms with Crippen LogP contribution >= 0.6 is 27.7 Å². The van der Waals surface area contributed by atoms with Crippen molar-refractivity contribution < 1.29 is 4.74 Å². The van der Waals surface area contributed by atoms with Crippen molar-refractivity contribution in [3.8, 4) is 5.88 Å². The SMILES string of the molecule is COc1nc(NC2CCC(SC)CC2)ncc1Br. The number of anilines is 1. The Bertz CT molecular complexity index is 397. The molecule has 0 aliphatic heterocycles. The summed E-state index contributed by atoms with van der Waals surface area (Å²) in [6.07, 6.45) is 8.84. The van der Waals surface area contributed by atoms with Gasteiger partial charge in [0.15, 0.2) is 0 Å². The summed E-state index contributed by atoms with van der Waals surface area (Å²) in [5.41, 5.74) is 0. The van der Waals surface area contributed by atoms with Gasteiger partial charge < -0.3 is 10.1 Å². The molecule has 0 amide bonds. The van der Waals surface area contributed by atoms with Crippen LogP contribution in [0.5, 0.6) is 5.88 Å². The summed E-state index contributed by atoms with van der Waals surface area (Å²) in [4.78, 5) is 8.59. The molecule has 1 N–H and O–H groups in total. The number of hydrogen-bond donors (Lipinski definition) is 1. The average Bonchev–Trinajstić information content (AvgIpc) is 2.42. The molecule has 4 nitrogen and oxygen atoms in total. The Morgan fingerprint density at radius 1 is 1.39 bits per heavy atom. The summed E-state index contributed by atoms with van der Waals surface area (Å²) in [6.45, 7) is 0. The molecule has 2 rings (SSSR count). The van der Waals surface area contributed by atoms with E-state index in [4.69, 9.17) is 4.74 Å². The Morgan fingerprint density at radius 2 is 2.11 bits per heavy atom. The van der Waals surface area contributed by atoms with E-state index in [0.29, 0.717) is 17.9 Å². The summed E-state index contributed by atoms with van der Waals surface area (Å²) in [5, 5.41) is 4.22. The van der Waals surface area contributed by atoms with Gasteiger partial charge in [-0.2, -0.15) is 16.7 Å². The standard InChI is InChI=1S/C12H18BrN3OS/c1-17-11-10(13)7-14-12(16-11)15-8-3-5-9(18-2)6-4-8/h7-9H,3-6H2,1-2H3,(H,14,15,16). The smallest absolute Gasteiger partial charge is 0.232 e. The Labute approximate surface area is 120 Å². The molecule has 18 heavy (non-hydrogen) atoms. The maximum Gasteiger partial charge on any atom is 0.232 e. The Hall–Kier alpha value is -0.490. The molecule has 1 aliphatic carbocycles. The number of ether oxygens (including phenoxy) is 1. The number of halogens is 1. The first kappa shape index (κ1) is 13.9. The van der Waals surface area contributed by atoms with Crippen LogP contribution in [0.3, 0.4) is 0 Å². The molecule has 0 aromatic carbocycles. The average molecular weight is 332 g/mol. The molecular weight excluding hydrogens is 314 g/mol. The lowest BCUT2D eigenvalue weighted by Crippen LogP contribution is -2.27. The van der Waals surface area contributed by atoms with Crippen LogP contribution in [-0.2, 0) is 0 Å². The zero-order valence-electron chi connectivity index (χ0n) is 10.6. The number of methoxy groups -OCH3 is 1. The van der Waals surface area contributed by atoms with E-state index in [1.165, 1.54) is 25.7 Å². The van der Waals surface area contributed by atoms with E-state index in [-0.39, 0.29) is 0 Å². The second kappa shape index (κ2) is 6.61. The van der Waals surface area contributed by atoms with Crippen molar-refractivity contribution in [3.63, 3.8) is 0 Å². The number of thioether (sulfide) groups is 1. The highest BCUT2D eigenvalue weighted by Gasteiger charge is 2.21. The van der Waals surface area contributed by atoms with Gasteiger partial charge in [-0.15, -0.1) is 0 Å². The van der Waals surface area contributed by atoms with E-state index in [1.54, 1.807) is 13.3 Å². The van der Waals surface area contributed by atoms with E-state index < -0.39 is 0 Å². The van der Waals surface area contributed by atoms with E-state index in [9.17, 15) is 0 Å². The minimum Gasteiger partial charge on any atom is -0.480 e. The van der Waals surface area contributed by atoms with E-state index in [2.05, 4.69) is 37.5 Å². The predicted octanol–water partition coefficient (Wildman–Crippen LogP) is 3.33. The third-order valence-electron chi connectivity index (χ3n) is 3.25. The zero-order chi connectivity index (χ0) is 13.0. The van der Waals surface area contributed by atoms with Crippen LogP contribution in [0.25, 0.3) is 0 Å². The highest BCUT2D eigenvalue weighted by Crippen LogP contribution is 2.29. The van der Waals surface area contributed by atoms with Gasteiger partial charge in [0.25, 0.3) is 0 Å². The van der Waals surface area contributed by atoms with Gasteiger partial charge >= 0.3 is 0 Å². The van der Waals surface area contributed by atoms with Gasteiger partial charge in [-0.3, -0.25) is 0 Å². The van der Waals surface area contributed by atoms with Crippen LogP contribution in [0.2, 0.25) is 0 Å². The highest BCUT2D eigenvalue weighted by molar-refractivity contribution is 9.10. The first-order chi connectivity index (χ1) is 8.72. The third kappa shape index (κ3) is 3.51. The zero-order valence-corrected chi connectivity index (χ0v) is 13.1. The van der Waals surface area contributed by atoms with Crippen molar-refractivity contribution in [1.29, 1.82) is 0 Å². The molecule has 1 aromatic heterocycles. The molecule has 100 valence electrons. The Balaban J connectivity index is 1.94. The number of hydrogen-bond acceptors (Lipinski definition) is 5. The maximum atomic E-state index is 5.17. The summed E-state index contributed by atoms with van der Waals surface area (Å²) in [6, 6.07) is 0.485. The van der Waals surface area contributed by atoms with Crippen LogP contribution in [0.15, 0.2) is 10.7 Å². The second-order valence-electron chi connectivity index (χ2n) is 4.40. The largest absolute Gasteiger partial charge is 0.480 e. The second-order valence-corrected chi connectivity index (χ2v) is 6.40. The molecule has 0 unspecified atom stereocenters. The number of aromatic nitrogens is 2. The molecule has 1 aromatic rings. The topological polar surface area (TPSA) is 47.0 Å². The van der Waals surface area contributed by atoms with Crippen molar-refractivity contribution in [3.05, 3.63) is 10.7 Å². The molecule has 0 bridgehead atoms. The highest BCUT2D eigenvalue weighted by atomic mass is 79.9. The van der Waals surface area contributed by atoms with Gasteiger partial charge in [-0.1, -0.05) is 0 Å². The fraction of sp³-hybridized carbons (Fsp3) is 0.667. The summed E-state index contributed by atoms with van der Waals surface area (Å²) in [5.74, 6) is 1.23. The van der Waals surface area contributed by atoms with Gasteiger partial charge in [0.05, 0.1) is 17.8 Å². The lowest BCUT2D eigenvalue weighted by Gasteiger charge is -2.28. The van der Waals surface area contributed by atoms with Crippen LogP contribution in [0.4, 0.5) is 5.95 Å². The van der Waals surface area contributed by atoms with Gasteiger partial charge in [0, 0.05) is 11.3 Å². The van der Waals surface area contributed by atoms with Gasteiger partial charge in [-0.25, -0.2) is 4.98 Å². The van der Waals surface area contributed by atoms with Crippen LogP contribution in [0.1, 0.15) is 25.7 Å². The molecule has 0 spiro atoms. The quantitative estimate of drug-likeness (QED) is 0.916. The Morgan fingerprint density at radius 3 is 2.72 bits per heavy atom. The monoisotopic (exact) mass is 331 g/mol. The molecule has 0 radical (unpaired) electrons. The molecule has 0 atom stereocenters. The number of rotatable bonds is 4. The van der Waals surface area contributed by atoms with Crippen molar-refractivity contribution in [1.82, 2.24) is 9.97 Å². The fourth-order valence-electron chi connectivity index (χ4n) is 2.19. The first-order valence-electron chi connectivity index (χ1n) is 6.08. The molecule has 1 heterocycles. The van der Waals surface area contributed by atoms with Crippen molar-refractivity contribution in [2.45, 2.75) is 37.0 Å². The lowest BCUT2D eigenvalue weighted by molar-refractivity contribution is 0.393. The first-order valence-corrected chi connectivity index (χ1v) is 8.17. The maximum absolute atomic E-state index is 5.17. The van der Waals surface area contributed by atoms with Crippen LogP contribution in [-0.4, -0.2) is 34.6 Å². The van der Waals surface area contributed by atoms with Gasteiger partial charge in [-0.05, 0) is 47.9 Å². The molecule has 1 saturated carbocycles. The number of nitrogens with zero attached hydrogens (tertiary/aromatic N) is 2. The third-order valence-corrected chi connectivity index (χ3v) is 4.93. The molecular formula is C12H18BrN3OS. The van der Waals surface area contributed by atoms with Crippen molar-refractivity contribution in [2.24, 2.45) is 0 Å². The van der Waals surface area contributed by atoms with E-state index >= 15 is 0 Å². The fourth-order valence-corrected chi connectivity index (χ4v) is 3.29. The minimum atomic E-state index is 0.485. The predicted molar refractivity (Wildman–Crippen MR) is 79.5 cm³/mol. The van der Waals surface area contributed by atoms with Gasteiger partial charge in [0.2, 0.25) is 11.8 Å².